The molecule has 0 saturated carbocycles. The van der Waals surface area contributed by atoms with Crippen LogP contribution in [0.1, 0.15) is 33.1 Å². The Hall–Kier alpha value is -0.650. The molecule has 116 valence electrons. The van der Waals surface area contributed by atoms with E-state index in [1.807, 2.05) is 6.92 Å². The summed E-state index contributed by atoms with van der Waals surface area (Å²) in [5.74, 6) is 0.502. The number of carbonyl (C=O) groups excluding carboxylic acids is 1. The van der Waals surface area contributed by atoms with Gasteiger partial charge in [0.1, 0.15) is 6.61 Å². The fourth-order valence-electron chi connectivity index (χ4n) is 2.81. The Kier molecular flexibility index (Phi) is 5.81. The first-order valence-electron chi connectivity index (χ1n) is 7.91. The maximum atomic E-state index is 11.8. The summed E-state index contributed by atoms with van der Waals surface area (Å²) < 4.78 is 5.62. The van der Waals surface area contributed by atoms with Crippen LogP contribution in [0.5, 0.6) is 0 Å². The summed E-state index contributed by atoms with van der Waals surface area (Å²) in [5, 5.41) is 6.14. The summed E-state index contributed by atoms with van der Waals surface area (Å²) in [6, 6.07) is 0. The Bertz CT molecular complexity index is 312. The first kappa shape index (κ1) is 15.7. The van der Waals surface area contributed by atoms with Gasteiger partial charge in [-0.1, -0.05) is 13.3 Å². The van der Waals surface area contributed by atoms with Crippen molar-refractivity contribution in [2.24, 2.45) is 5.92 Å². The minimum atomic E-state index is -0.142. The Labute approximate surface area is 122 Å². The molecule has 1 amide bonds. The predicted octanol–water partition coefficient (Wildman–Crippen LogP) is 0.603. The van der Waals surface area contributed by atoms with Crippen molar-refractivity contribution in [3.63, 3.8) is 0 Å². The van der Waals surface area contributed by atoms with E-state index < -0.39 is 0 Å². The van der Waals surface area contributed by atoms with Crippen LogP contribution >= 0.6 is 0 Å². The summed E-state index contributed by atoms with van der Waals surface area (Å²) in [6.07, 6.45) is 4.01. The van der Waals surface area contributed by atoms with Gasteiger partial charge in [0.15, 0.2) is 0 Å². The highest BCUT2D eigenvalue weighted by Crippen LogP contribution is 2.14. The minimum Gasteiger partial charge on any atom is -0.363 e. The summed E-state index contributed by atoms with van der Waals surface area (Å²) >= 11 is 0. The smallest absolute Gasteiger partial charge is 0.246 e. The molecule has 0 bridgehead atoms. The number of carbonyl (C=O) groups is 1. The lowest BCUT2D eigenvalue weighted by Crippen LogP contribution is -2.59. The highest BCUT2D eigenvalue weighted by molar-refractivity contribution is 5.77. The maximum absolute atomic E-state index is 11.8. The number of amides is 1. The van der Waals surface area contributed by atoms with Gasteiger partial charge < -0.3 is 20.3 Å². The van der Waals surface area contributed by atoms with Gasteiger partial charge in [-0.05, 0) is 38.8 Å². The van der Waals surface area contributed by atoms with Crippen molar-refractivity contribution in [2.75, 3.05) is 45.9 Å². The van der Waals surface area contributed by atoms with Gasteiger partial charge in [-0.15, -0.1) is 0 Å². The van der Waals surface area contributed by atoms with Crippen LogP contribution in [0.2, 0.25) is 0 Å². The highest BCUT2D eigenvalue weighted by atomic mass is 16.5. The number of hydrogen-bond acceptors (Lipinski definition) is 4. The van der Waals surface area contributed by atoms with E-state index in [9.17, 15) is 4.79 Å². The predicted molar refractivity (Wildman–Crippen MR) is 79.7 cm³/mol. The normalized spacial score (nSPS) is 23.9. The monoisotopic (exact) mass is 283 g/mol. The second-order valence-corrected chi connectivity index (χ2v) is 6.61. The largest absolute Gasteiger partial charge is 0.363 e. The van der Waals surface area contributed by atoms with Crippen molar-refractivity contribution < 1.29 is 9.53 Å². The van der Waals surface area contributed by atoms with Gasteiger partial charge >= 0.3 is 0 Å². The third-order valence-corrected chi connectivity index (χ3v) is 4.22. The molecule has 2 fully saturated rings. The highest BCUT2D eigenvalue weighted by Gasteiger charge is 2.32. The molecule has 0 radical (unpaired) electrons. The van der Waals surface area contributed by atoms with Crippen molar-refractivity contribution >= 4 is 5.91 Å². The van der Waals surface area contributed by atoms with E-state index in [1.54, 1.807) is 0 Å². The van der Waals surface area contributed by atoms with Gasteiger partial charge in [-0.3, -0.25) is 4.79 Å². The number of likely N-dealkylation sites (tertiary alicyclic amines) is 1. The first-order chi connectivity index (χ1) is 9.57. The second kappa shape index (κ2) is 7.38. The van der Waals surface area contributed by atoms with E-state index in [0.717, 1.165) is 26.2 Å². The van der Waals surface area contributed by atoms with Crippen LogP contribution in [0.3, 0.4) is 0 Å². The van der Waals surface area contributed by atoms with Gasteiger partial charge in [0.05, 0.1) is 5.60 Å². The average molecular weight is 283 g/mol. The van der Waals surface area contributed by atoms with Gasteiger partial charge in [-0.25, -0.2) is 0 Å². The van der Waals surface area contributed by atoms with Crippen LogP contribution in [0.25, 0.3) is 0 Å². The molecular weight excluding hydrogens is 254 g/mol. The van der Waals surface area contributed by atoms with Crippen LogP contribution < -0.4 is 10.6 Å². The molecule has 5 nitrogen and oxygen atoms in total. The standard InChI is InChI=1S/C15H29N3O2/c1-13(9-18-6-4-3-5-7-18)8-17-14(19)10-20-15(2)11-16-12-15/h13,16H,3-12H2,1-2H3,(H,17,19). The summed E-state index contributed by atoms with van der Waals surface area (Å²) in [7, 11) is 0. The molecule has 20 heavy (non-hydrogen) atoms. The summed E-state index contributed by atoms with van der Waals surface area (Å²) in [6.45, 7) is 10.4. The van der Waals surface area contributed by atoms with Gasteiger partial charge in [0.2, 0.25) is 5.91 Å². The Morgan fingerprint density at radius 2 is 2.05 bits per heavy atom. The Morgan fingerprint density at radius 1 is 1.35 bits per heavy atom. The molecule has 2 aliphatic rings. The quantitative estimate of drug-likeness (QED) is 0.718. The van der Waals surface area contributed by atoms with E-state index in [-0.39, 0.29) is 18.1 Å². The van der Waals surface area contributed by atoms with Crippen LogP contribution in [0.15, 0.2) is 0 Å². The van der Waals surface area contributed by atoms with E-state index in [2.05, 4.69) is 22.5 Å². The zero-order valence-electron chi connectivity index (χ0n) is 12.9. The maximum Gasteiger partial charge on any atom is 0.246 e. The molecule has 2 rings (SSSR count). The summed E-state index contributed by atoms with van der Waals surface area (Å²) in [4.78, 5) is 14.3. The van der Waals surface area contributed by atoms with Crippen LogP contribution in [-0.4, -0.2) is 62.3 Å². The van der Waals surface area contributed by atoms with Crippen LogP contribution in [-0.2, 0) is 9.53 Å². The fourth-order valence-corrected chi connectivity index (χ4v) is 2.81. The number of ether oxygens (including phenoxy) is 1. The number of nitrogens with zero attached hydrogens (tertiary/aromatic N) is 1. The first-order valence-corrected chi connectivity index (χ1v) is 7.91. The molecule has 0 aromatic rings. The molecule has 2 aliphatic heterocycles. The lowest BCUT2D eigenvalue weighted by Gasteiger charge is -2.38. The van der Waals surface area contributed by atoms with Gasteiger partial charge in [-0.2, -0.15) is 0 Å². The number of nitrogens with one attached hydrogen (secondary N) is 2. The van der Waals surface area contributed by atoms with Crippen LogP contribution in [0, 0.1) is 5.92 Å². The average Bonchev–Trinajstić information content (AvgIpc) is 2.42. The van der Waals surface area contributed by atoms with E-state index in [4.69, 9.17) is 4.74 Å². The molecule has 0 aliphatic carbocycles. The lowest BCUT2D eigenvalue weighted by atomic mass is 10.0. The van der Waals surface area contributed by atoms with Crippen molar-refractivity contribution in [1.29, 1.82) is 0 Å². The lowest BCUT2D eigenvalue weighted by molar-refractivity contribution is -0.136. The van der Waals surface area contributed by atoms with Crippen LogP contribution in [0.4, 0.5) is 0 Å². The van der Waals surface area contributed by atoms with Crippen molar-refractivity contribution in [3.8, 4) is 0 Å². The third kappa shape index (κ3) is 5.04. The van der Waals surface area contributed by atoms with Gasteiger partial charge in [0.25, 0.3) is 0 Å². The molecule has 0 aromatic carbocycles. The zero-order valence-corrected chi connectivity index (χ0v) is 12.9. The molecule has 1 unspecified atom stereocenters. The molecule has 2 N–H and O–H groups in total. The SMILES string of the molecule is CC(CNC(=O)COC1(C)CNC1)CN1CCCCC1. The molecule has 2 heterocycles. The Balaban J connectivity index is 1.55. The number of hydrogen-bond donors (Lipinski definition) is 2. The zero-order chi connectivity index (χ0) is 14.4. The number of piperidine rings is 1. The Morgan fingerprint density at radius 3 is 2.65 bits per heavy atom. The molecule has 0 spiro atoms. The molecule has 1 atom stereocenters. The van der Waals surface area contributed by atoms with E-state index >= 15 is 0 Å². The number of rotatable bonds is 7. The fraction of sp³-hybridized carbons (Fsp3) is 0.933. The second-order valence-electron chi connectivity index (χ2n) is 6.61. The molecule has 2 saturated heterocycles. The van der Waals surface area contributed by atoms with E-state index in [1.165, 1.54) is 32.4 Å². The topological polar surface area (TPSA) is 53.6 Å². The minimum absolute atomic E-state index is 0.00335. The molecule has 0 aromatic heterocycles. The van der Waals surface area contributed by atoms with E-state index in [0.29, 0.717) is 5.92 Å². The molecular formula is C15H29N3O2. The van der Waals surface area contributed by atoms with Crippen molar-refractivity contribution in [2.45, 2.75) is 38.7 Å². The van der Waals surface area contributed by atoms with Gasteiger partial charge in [0, 0.05) is 26.2 Å². The summed E-state index contributed by atoms with van der Waals surface area (Å²) in [5.41, 5.74) is -0.142. The van der Waals surface area contributed by atoms with Crippen molar-refractivity contribution in [1.82, 2.24) is 15.5 Å². The van der Waals surface area contributed by atoms with Crippen molar-refractivity contribution in [3.05, 3.63) is 0 Å². The third-order valence-electron chi connectivity index (χ3n) is 4.22. The molecule has 5 heteroatoms.